The van der Waals surface area contributed by atoms with E-state index in [-0.39, 0.29) is 0 Å². The van der Waals surface area contributed by atoms with Crippen molar-refractivity contribution in [1.29, 1.82) is 0 Å². The first-order chi connectivity index (χ1) is 10.2. The van der Waals surface area contributed by atoms with Crippen molar-refractivity contribution in [3.63, 3.8) is 0 Å². The number of aromatic nitrogens is 4. The molecule has 0 fully saturated rings. The molecular formula is C16H21N5. The molecule has 0 aliphatic rings. The van der Waals surface area contributed by atoms with Gasteiger partial charge in [0.15, 0.2) is 0 Å². The lowest BCUT2D eigenvalue weighted by molar-refractivity contribution is 0.478. The van der Waals surface area contributed by atoms with Crippen LogP contribution in [0.4, 0.5) is 0 Å². The highest BCUT2D eigenvalue weighted by Gasteiger charge is 2.06. The highest BCUT2D eigenvalue weighted by Crippen LogP contribution is 2.15. The SMILES string of the molecule is Cc1cccc2[nH]c(CCNC(C)Cn3ccnc3)nc12. The molecule has 5 nitrogen and oxygen atoms in total. The van der Waals surface area contributed by atoms with E-state index in [4.69, 9.17) is 0 Å². The van der Waals surface area contributed by atoms with E-state index in [0.717, 1.165) is 36.4 Å². The Balaban J connectivity index is 1.53. The molecule has 0 aliphatic carbocycles. The molecule has 2 heterocycles. The molecule has 0 bridgehead atoms. The minimum absolute atomic E-state index is 0.408. The molecule has 0 amide bonds. The maximum Gasteiger partial charge on any atom is 0.108 e. The lowest BCUT2D eigenvalue weighted by Crippen LogP contribution is -2.31. The smallest absolute Gasteiger partial charge is 0.108 e. The highest BCUT2D eigenvalue weighted by molar-refractivity contribution is 5.78. The molecule has 0 radical (unpaired) electrons. The van der Waals surface area contributed by atoms with Crippen molar-refractivity contribution in [2.75, 3.05) is 6.54 Å². The average molecular weight is 283 g/mol. The summed E-state index contributed by atoms with van der Waals surface area (Å²) in [6, 6.07) is 6.64. The molecule has 0 aliphatic heterocycles. The topological polar surface area (TPSA) is 58.5 Å². The Labute approximate surface area is 124 Å². The van der Waals surface area contributed by atoms with Gasteiger partial charge in [0, 0.05) is 37.9 Å². The standard InChI is InChI=1S/C16H21N5/c1-12-4-3-5-14-16(12)20-15(19-14)6-7-18-13(2)10-21-9-8-17-11-21/h3-5,8-9,11,13,18H,6-7,10H2,1-2H3,(H,19,20). The van der Waals surface area contributed by atoms with E-state index in [2.05, 4.69) is 56.9 Å². The van der Waals surface area contributed by atoms with Gasteiger partial charge in [0.25, 0.3) is 0 Å². The van der Waals surface area contributed by atoms with Gasteiger partial charge in [-0.2, -0.15) is 0 Å². The second-order valence-electron chi connectivity index (χ2n) is 5.52. The van der Waals surface area contributed by atoms with E-state index in [1.807, 2.05) is 18.7 Å². The molecule has 0 saturated heterocycles. The Bertz CT molecular complexity index is 699. The van der Waals surface area contributed by atoms with Crippen molar-refractivity contribution < 1.29 is 0 Å². The number of fused-ring (bicyclic) bond motifs is 1. The Morgan fingerprint density at radius 2 is 2.29 bits per heavy atom. The van der Waals surface area contributed by atoms with Gasteiger partial charge in [-0.15, -0.1) is 0 Å². The molecule has 2 aromatic heterocycles. The summed E-state index contributed by atoms with van der Waals surface area (Å²) in [6.07, 6.45) is 6.55. The number of hydrogen-bond acceptors (Lipinski definition) is 3. The van der Waals surface area contributed by atoms with Crippen LogP contribution in [-0.2, 0) is 13.0 Å². The average Bonchev–Trinajstić information content (AvgIpc) is 3.08. The molecule has 5 heteroatoms. The largest absolute Gasteiger partial charge is 0.342 e. The number of aryl methyl sites for hydroxylation is 1. The molecule has 110 valence electrons. The second-order valence-corrected chi connectivity index (χ2v) is 5.52. The van der Waals surface area contributed by atoms with Crippen molar-refractivity contribution in [3.8, 4) is 0 Å². The second kappa shape index (κ2) is 6.10. The zero-order chi connectivity index (χ0) is 14.7. The first kappa shape index (κ1) is 13.8. The van der Waals surface area contributed by atoms with E-state index < -0.39 is 0 Å². The number of nitrogens with zero attached hydrogens (tertiary/aromatic N) is 3. The van der Waals surface area contributed by atoms with E-state index in [1.165, 1.54) is 5.56 Å². The fourth-order valence-corrected chi connectivity index (χ4v) is 2.56. The van der Waals surface area contributed by atoms with Crippen molar-refractivity contribution in [2.45, 2.75) is 32.9 Å². The Hall–Kier alpha value is -2.14. The van der Waals surface area contributed by atoms with Crippen LogP contribution in [0.1, 0.15) is 18.3 Å². The molecule has 1 aromatic carbocycles. The monoisotopic (exact) mass is 283 g/mol. The van der Waals surface area contributed by atoms with Crippen LogP contribution in [0.25, 0.3) is 11.0 Å². The molecule has 1 atom stereocenters. The third kappa shape index (κ3) is 3.31. The molecule has 0 saturated carbocycles. The summed E-state index contributed by atoms with van der Waals surface area (Å²) in [5, 5.41) is 3.52. The molecule has 21 heavy (non-hydrogen) atoms. The van der Waals surface area contributed by atoms with E-state index in [1.54, 1.807) is 0 Å². The van der Waals surface area contributed by atoms with Crippen LogP contribution in [0.15, 0.2) is 36.9 Å². The Morgan fingerprint density at radius 1 is 1.38 bits per heavy atom. The normalized spacial score (nSPS) is 12.9. The molecule has 1 unspecified atom stereocenters. The molecule has 3 rings (SSSR count). The van der Waals surface area contributed by atoms with Crippen molar-refractivity contribution in [2.24, 2.45) is 0 Å². The van der Waals surface area contributed by atoms with E-state index in [9.17, 15) is 0 Å². The summed E-state index contributed by atoms with van der Waals surface area (Å²) in [5.74, 6) is 1.04. The van der Waals surface area contributed by atoms with Crippen LogP contribution in [0.3, 0.4) is 0 Å². The van der Waals surface area contributed by atoms with Crippen LogP contribution in [0.5, 0.6) is 0 Å². The summed E-state index contributed by atoms with van der Waals surface area (Å²) in [6.45, 7) is 6.12. The van der Waals surface area contributed by atoms with Crippen molar-refractivity contribution >= 4 is 11.0 Å². The number of aromatic amines is 1. The van der Waals surface area contributed by atoms with Crippen molar-refractivity contribution in [3.05, 3.63) is 48.3 Å². The summed E-state index contributed by atoms with van der Waals surface area (Å²) in [4.78, 5) is 12.1. The predicted molar refractivity (Wildman–Crippen MR) is 84.2 cm³/mol. The quantitative estimate of drug-likeness (QED) is 0.729. The van der Waals surface area contributed by atoms with Gasteiger partial charge in [-0.3, -0.25) is 0 Å². The number of imidazole rings is 2. The summed E-state index contributed by atoms with van der Waals surface area (Å²) < 4.78 is 2.09. The van der Waals surface area contributed by atoms with Crippen LogP contribution >= 0.6 is 0 Å². The van der Waals surface area contributed by atoms with E-state index in [0.29, 0.717) is 6.04 Å². The third-order valence-electron chi connectivity index (χ3n) is 3.66. The molecule has 3 aromatic rings. The molecule has 2 N–H and O–H groups in total. The zero-order valence-corrected chi connectivity index (χ0v) is 12.5. The Morgan fingerprint density at radius 3 is 3.05 bits per heavy atom. The maximum absolute atomic E-state index is 4.67. The lowest BCUT2D eigenvalue weighted by atomic mass is 10.2. The number of H-pyrrole nitrogens is 1. The van der Waals surface area contributed by atoms with Gasteiger partial charge in [0.1, 0.15) is 5.82 Å². The first-order valence-corrected chi connectivity index (χ1v) is 7.35. The number of para-hydroxylation sites is 1. The summed E-state index contributed by atoms with van der Waals surface area (Å²) in [5.41, 5.74) is 3.42. The highest BCUT2D eigenvalue weighted by atomic mass is 15.1. The van der Waals surface area contributed by atoms with Gasteiger partial charge < -0.3 is 14.9 Å². The third-order valence-corrected chi connectivity index (χ3v) is 3.66. The fourth-order valence-electron chi connectivity index (χ4n) is 2.56. The van der Waals surface area contributed by atoms with Gasteiger partial charge in [-0.25, -0.2) is 9.97 Å². The number of rotatable bonds is 6. The van der Waals surface area contributed by atoms with Gasteiger partial charge in [-0.1, -0.05) is 12.1 Å². The van der Waals surface area contributed by atoms with Crippen LogP contribution in [0, 0.1) is 6.92 Å². The van der Waals surface area contributed by atoms with Crippen LogP contribution < -0.4 is 5.32 Å². The van der Waals surface area contributed by atoms with Crippen molar-refractivity contribution in [1.82, 2.24) is 24.8 Å². The number of benzene rings is 1. The summed E-state index contributed by atoms with van der Waals surface area (Å²) in [7, 11) is 0. The van der Waals surface area contributed by atoms with Gasteiger partial charge in [0.05, 0.1) is 17.4 Å². The van der Waals surface area contributed by atoms with Crippen LogP contribution in [0.2, 0.25) is 0 Å². The van der Waals surface area contributed by atoms with E-state index >= 15 is 0 Å². The maximum atomic E-state index is 4.67. The number of hydrogen-bond donors (Lipinski definition) is 2. The van der Waals surface area contributed by atoms with Gasteiger partial charge >= 0.3 is 0 Å². The number of nitrogens with one attached hydrogen (secondary N) is 2. The zero-order valence-electron chi connectivity index (χ0n) is 12.5. The van der Waals surface area contributed by atoms with Gasteiger partial charge in [0.2, 0.25) is 0 Å². The van der Waals surface area contributed by atoms with Crippen LogP contribution in [-0.4, -0.2) is 32.1 Å². The molecule has 0 spiro atoms. The fraction of sp³-hybridized carbons (Fsp3) is 0.375. The lowest BCUT2D eigenvalue weighted by Gasteiger charge is -2.13. The molecular weight excluding hydrogens is 262 g/mol. The summed E-state index contributed by atoms with van der Waals surface area (Å²) >= 11 is 0. The predicted octanol–water partition coefficient (Wildman–Crippen LogP) is 2.29. The first-order valence-electron chi connectivity index (χ1n) is 7.35. The minimum atomic E-state index is 0.408. The minimum Gasteiger partial charge on any atom is -0.342 e. The van der Waals surface area contributed by atoms with Gasteiger partial charge in [-0.05, 0) is 25.5 Å². The Kier molecular flexibility index (Phi) is 4.01.